The van der Waals surface area contributed by atoms with Gasteiger partial charge in [0.2, 0.25) is 4.77 Å². The van der Waals surface area contributed by atoms with Crippen LogP contribution in [0.4, 0.5) is 11.5 Å². The highest BCUT2D eigenvalue weighted by Crippen LogP contribution is 2.45. The molecule has 8 rings (SSSR count). The number of H-pyrrole nitrogens is 6. The quantitative estimate of drug-likeness (QED) is 0.0330. The van der Waals surface area contributed by atoms with E-state index < -0.39 is 17.1 Å². The number of nitrogens with zero attached hydrogens (tertiary/aromatic N) is 7. The van der Waals surface area contributed by atoms with Crippen molar-refractivity contribution in [2.45, 2.75) is 120 Å². The molecule has 32 nitrogen and oxygen atoms in total. The maximum Gasteiger partial charge on any atom is 0.328 e. The summed E-state index contributed by atoms with van der Waals surface area (Å²) in [5.74, 6) is 2.55. The molecule has 1 aromatic carbocycles. The van der Waals surface area contributed by atoms with Crippen molar-refractivity contribution in [3.63, 3.8) is 0 Å². The van der Waals surface area contributed by atoms with Gasteiger partial charge in [0.15, 0.2) is 23.3 Å². The maximum atomic E-state index is 11.4. The monoisotopic (exact) mass is 1260 g/mol. The number of para-hydroxylation sites is 1. The zero-order valence-corrected chi connectivity index (χ0v) is 52.1. The Hall–Kier alpha value is -10.3. The van der Waals surface area contributed by atoms with Crippen LogP contribution < -0.4 is 88.2 Å². The number of fused-ring (bicyclic) bond motifs is 2. The van der Waals surface area contributed by atoms with Crippen LogP contribution in [0.5, 0.6) is 17.2 Å². The zero-order chi connectivity index (χ0) is 66.7. The van der Waals surface area contributed by atoms with Gasteiger partial charge in [-0.05, 0) is 91.1 Å². The van der Waals surface area contributed by atoms with Gasteiger partial charge < -0.3 is 65.6 Å². The Balaban J connectivity index is 0.000000287. The van der Waals surface area contributed by atoms with E-state index in [0.29, 0.717) is 132 Å². The minimum absolute atomic E-state index is 0.000814. The lowest BCUT2D eigenvalue weighted by Gasteiger charge is -2.24. The van der Waals surface area contributed by atoms with Crippen molar-refractivity contribution in [2.75, 3.05) is 32.1 Å². The van der Waals surface area contributed by atoms with Gasteiger partial charge in [-0.3, -0.25) is 64.3 Å². The molecule has 0 atom stereocenters. The minimum atomic E-state index is -0.467. The summed E-state index contributed by atoms with van der Waals surface area (Å²) in [6.07, 6.45) is 14.6. The first-order valence-electron chi connectivity index (χ1n) is 27.9. The number of aromatic amines is 6. The highest BCUT2D eigenvalue weighted by atomic mass is 32.1. The van der Waals surface area contributed by atoms with Gasteiger partial charge in [-0.2, -0.15) is 4.98 Å². The maximum absolute atomic E-state index is 11.4. The molecule has 0 saturated heterocycles. The Bertz CT molecular complexity index is 4260. The molecule has 0 spiro atoms. The number of likely N-dealkylation sites (N-methyl/N-ethyl adjacent to an activating group) is 1. The van der Waals surface area contributed by atoms with Crippen molar-refractivity contribution in [1.82, 2.24) is 62.6 Å². The molecule has 0 aliphatic carbocycles. The highest BCUT2D eigenvalue weighted by molar-refractivity contribution is 7.71. The smallest absolute Gasteiger partial charge is 0.328 e. The fourth-order valence-corrected chi connectivity index (χ4v) is 7.48. The largest absolute Gasteiger partial charge is 0.489 e. The number of rotatable bonds is 18. The summed E-state index contributed by atoms with van der Waals surface area (Å²) < 4.78 is 19.7. The van der Waals surface area contributed by atoms with Crippen molar-refractivity contribution in [3.8, 4) is 17.2 Å². The molecule has 7 aromatic rings. The summed E-state index contributed by atoms with van der Waals surface area (Å²) in [5.41, 5.74) is 16.2. The van der Waals surface area contributed by atoms with Crippen molar-refractivity contribution < 1.29 is 9.47 Å². The van der Waals surface area contributed by atoms with Gasteiger partial charge in [-0.1, -0.05) is 26.3 Å². The van der Waals surface area contributed by atoms with Gasteiger partial charge in [-0.25, -0.2) is 24.0 Å². The molecular formula is C56H80N20O12S. The average Bonchev–Trinajstić information content (AvgIpc) is 1.31. The second kappa shape index (κ2) is 36.0. The van der Waals surface area contributed by atoms with Gasteiger partial charge in [0.1, 0.15) is 18.0 Å². The number of hydrogen-bond acceptors (Lipinski definition) is 19. The van der Waals surface area contributed by atoms with E-state index in [2.05, 4.69) is 47.1 Å². The molecule has 0 saturated carbocycles. The van der Waals surface area contributed by atoms with Crippen molar-refractivity contribution in [3.05, 3.63) is 192 Å². The van der Waals surface area contributed by atoms with E-state index in [0.717, 1.165) is 25.7 Å². The Labute approximate surface area is 513 Å². The van der Waals surface area contributed by atoms with Crippen LogP contribution >= 0.6 is 12.2 Å². The number of benzene rings is 1. The second-order valence-electron chi connectivity index (χ2n) is 20.0. The first-order chi connectivity index (χ1) is 42.0. The van der Waals surface area contributed by atoms with E-state index in [9.17, 15) is 47.9 Å². The van der Waals surface area contributed by atoms with Crippen LogP contribution in [0.15, 0.2) is 103 Å². The van der Waals surface area contributed by atoms with Crippen LogP contribution in [-0.4, -0.2) is 107 Å². The number of aryl methyl sites for hydroxylation is 9. The van der Waals surface area contributed by atoms with Crippen LogP contribution in [0.25, 0.3) is 0 Å². The molecule has 7 heterocycles. The number of hydrogen-bond donors (Lipinski definition) is 13. The van der Waals surface area contributed by atoms with Crippen LogP contribution in [0.1, 0.15) is 86.6 Å². The van der Waals surface area contributed by atoms with Crippen molar-refractivity contribution >= 4 is 41.2 Å². The zero-order valence-electron chi connectivity index (χ0n) is 51.3. The van der Waals surface area contributed by atoms with Crippen LogP contribution in [-0.2, 0) is 33.2 Å². The van der Waals surface area contributed by atoms with E-state index in [1.54, 1.807) is 74.3 Å². The SMILES string of the molecule is CCC(=N)CCCn1cc(C)c(=O)[nH]c1=O.CCCCn1cc(C)c(=O)[nH]c1=O.CN(CCOc1cccc2c1Nc1nc(=S)n(C)cc1O2)C(=N)N.Cc1c[nH]c(=O)[nH]c1=O.Cc1cn(CCCC(=N)N)c(=O)[nH]c1=O.Cc1cn(CCN)c(=O)[nH]c1=O. The molecule has 482 valence electrons. The summed E-state index contributed by atoms with van der Waals surface area (Å²) in [6, 6.07) is 5.54. The number of anilines is 2. The first kappa shape index (κ1) is 72.9. The standard InChI is InChI=1S/C15H18N6O2S.C11H17N3O2.C9H14N4O2.C9H14N2O2.C7H11N3O2.C5H6N2O2/c1-20(14(16)17)6-7-22-9-4-3-5-10-12(9)18-13-11(23-10)8-21(2)15(24)19-13;1-3-9(12)5-4-6-14-7-8(2)10(15)13-11(14)16;1-6-5-13(4-2-3-7(10)11)9(15)12-8(6)14;1-3-4-5-11-6-7(2)8(12)10-9(11)13;1-5-4-10(3-2-8)7(12)9-6(5)11;1-3-2-6-5(9)7-4(3)8/h3-5,8H,6-7H2,1-2H3,(H3,16,17)(H,18,19,24);7,12H,3-6H2,1-2H3,(H,13,15,16);5H,2-4H2,1H3,(H3,10,11)(H,12,14,15);6H,3-5H2,1-2H3,(H,10,12,13);4H,2-3,8H2,1H3,(H,9,11,12);2H,1H3,(H2,6,7,8,9). The predicted molar refractivity (Wildman–Crippen MR) is 343 cm³/mol. The molecule has 1 aliphatic rings. The summed E-state index contributed by atoms with van der Waals surface area (Å²) in [5, 5.41) is 25.1. The van der Waals surface area contributed by atoms with Crippen LogP contribution in [0, 0.1) is 55.6 Å². The lowest BCUT2D eigenvalue weighted by atomic mass is 10.2. The first-order valence-corrected chi connectivity index (χ1v) is 28.3. The predicted octanol–water partition coefficient (Wildman–Crippen LogP) is 1.64. The molecule has 0 bridgehead atoms. The lowest BCUT2D eigenvalue weighted by molar-refractivity contribution is 0.283. The summed E-state index contributed by atoms with van der Waals surface area (Å²) >= 11 is 5.18. The third-order valence-corrected chi connectivity index (χ3v) is 13.0. The number of amidine groups is 1. The minimum Gasteiger partial charge on any atom is -0.489 e. The van der Waals surface area contributed by atoms with Gasteiger partial charge in [-0.15, -0.1) is 0 Å². The number of ether oxygens (including phenoxy) is 2. The molecule has 0 fully saturated rings. The van der Waals surface area contributed by atoms with Gasteiger partial charge in [0.05, 0.1) is 18.6 Å². The molecule has 16 N–H and O–H groups in total. The summed E-state index contributed by atoms with van der Waals surface area (Å²) in [6.45, 7) is 15.6. The Morgan fingerprint density at radius 2 is 1.10 bits per heavy atom. The number of nitrogens with one attached hydrogen (secondary N) is 10. The molecular weight excluding hydrogens is 1180 g/mol. The lowest BCUT2D eigenvalue weighted by Crippen LogP contribution is -2.35. The number of unbranched alkanes of at least 4 members (excludes halogenated alkanes) is 1. The normalized spacial score (nSPS) is 10.5. The summed E-state index contributed by atoms with van der Waals surface area (Å²) in [7, 11) is 3.55. The Kier molecular flexibility index (Phi) is 29.5. The van der Waals surface area contributed by atoms with Crippen LogP contribution in [0.3, 0.4) is 0 Å². The number of aromatic nitrogens is 12. The fraction of sp³-hybridized carbons (Fsp3) is 0.411. The average molecular weight is 1260 g/mol. The molecule has 6 aromatic heterocycles. The van der Waals surface area contributed by atoms with Crippen molar-refractivity contribution in [1.29, 1.82) is 16.2 Å². The Morgan fingerprint density at radius 1 is 0.640 bits per heavy atom. The van der Waals surface area contributed by atoms with E-state index in [4.69, 9.17) is 55.1 Å². The fourth-order valence-electron chi connectivity index (χ4n) is 7.34. The van der Waals surface area contributed by atoms with Gasteiger partial charge >= 0.3 is 28.4 Å². The van der Waals surface area contributed by atoms with E-state index in [1.807, 2.05) is 32.2 Å². The van der Waals surface area contributed by atoms with Crippen LogP contribution in [0.2, 0.25) is 0 Å². The van der Waals surface area contributed by atoms with Gasteiger partial charge in [0.25, 0.3) is 27.8 Å². The molecule has 89 heavy (non-hydrogen) atoms. The molecule has 0 radical (unpaired) electrons. The number of nitrogens with two attached hydrogens (primary N) is 3. The van der Waals surface area contributed by atoms with E-state index in [1.165, 1.54) is 32.3 Å². The molecule has 0 amide bonds. The third-order valence-electron chi connectivity index (χ3n) is 12.6. The second-order valence-corrected chi connectivity index (χ2v) is 20.4. The highest BCUT2D eigenvalue weighted by Gasteiger charge is 2.22. The molecule has 33 heteroatoms. The number of guanidine groups is 1. The Morgan fingerprint density at radius 3 is 1.53 bits per heavy atom. The molecule has 0 unspecified atom stereocenters. The summed E-state index contributed by atoms with van der Waals surface area (Å²) in [4.78, 5) is 129. The topological polar surface area (TPSA) is 486 Å². The van der Waals surface area contributed by atoms with E-state index in [-0.39, 0.29) is 51.0 Å². The molecule has 1 aliphatic heterocycles. The van der Waals surface area contributed by atoms with Crippen molar-refractivity contribution in [2.24, 2.45) is 24.2 Å². The van der Waals surface area contributed by atoms with E-state index >= 15 is 0 Å². The third kappa shape index (κ3) is 24.2. The van der Waals surface area contributed by atoms with Gasteiger partial charge in [0, 0.05) is 118 Å².